The van der Waals surface area contributed by atoms with Gasteiger partial charge in [-0.15, -0.1) is 0 Å². The first kappa shape index (κ1) is 21.1. The van der Waals surface area contributed by atoms with Crippen LogP contribution in [0.15, 0.2) is 36.4 Å². The van der Waals surface area contributed by atoms with E-state index in [0.29, 0.717) is 11.4 Å². The van der Waals surface area contributed by atoms with E-state index in [1.165, 1.54) is 0 Å². The van der Waals surface area contributed by atoms with Gasteiger partial charge in [-0.1, -0.05) is 0 Å². The molecule has 0 saturated heterocycles. The fourth-order valence-electron chi connectivity index (χ4n) is 1.58. The molecule has 0 aliphatic carbocycles. The molecule has 2 rings (SSSR count). The number of phenolic OH excluding ortho intramolecular Hbond substituents is 2. The van der Waals surface area contributed by atoms with Gasteiger partial charge in [-0.05, 0) is 0 Å². The molecule has 6 nitrogen and oxygen atoms in total. The minimum atomic E-state index is -0.0686. The maximum atomic E-state index is 10.2. The van der Waals surface area contributed by atoms with E-state index in [-0.39, 0.29) is 86.4 Å². The molecule has 5 N–H and O–H groups in total. The molecule has 2 aromatic rings. The molecule has 0 bridgehead atoms. The van der Waals surface area contributed by atoms with Gasteiger partial charge in [0.25, 0.3) is 0 Å². The van der Waals surface area contributed by atoms with E-state index in [1.807, 2.05) is 24.3 Å². The average molecular weight is 466 g/mol. The van der Waals surface area contributed by atoms with Crippen molar-refractivity contribution in [3.8, 4) is 11.5 Å². The molecule has 10 heteroatoms. The number of hydrogen-bond donors (Lipinski definition) is 4. The van der Waals surface area contributed by atoms with Crippen molar-refractivity contribution >= 4 is 58.7 Å². The number of phenols is 2. The van der Waals surface area contributed by atoms with Gasteiger partial charge in [0.15, 0.2) is 0 Å². The van der Waals surface area contributed by atoms with Crippen LogP contribution >= 0.6 is 12.3 Å². The minimum absolute atomic E-state index is 0. The second kappa shape index (κ2) is 10.8. The summed E-state index contributed by atoms with van der Waals surface area (Å²) in [6.07, 6.45) is 0. The Balaban J connectivity index is 0.00000264. The summed E-state index contributed by atoms with van der Waals surface area (Å²) in [6.45, 7) is 0.0316. The summed E-state index contributed by atoms with van der Waals surface area (Å²) in [5, 5.41) is 22.0. The second-order valence-corrected chi connectivity index (χ2v) is 11.9. The summed E-state index contributed by atoms with van der Waals surface area (Å²) < 4.78 is 17.1. The van der Waals surface area contributed by atoms with Crippen LogP contribution in [0.1, 0.15) is 0 Å². The Labute approximate surface area is 171 Å². The van der Waals surface area contributed by atoms with Gasteiger partial charge in [0.05, 0.1) is 0 Å². The smallest absolute Gasteiger partial charge is 1.00 e. The molecule has 116 valence electrons. The van der Waals surface area contributed by atoms with Crippen molar-refractivity contribution in [3.63, 3.8) is 0 Å². The first-order valence-electron chi connectivity index (χ1n) is 6.08. The monoisotopic (exact) mass is 466 g/mol. The molecule has 0 amide bonds. The predicted molar refractivity (Wildman–Crippen MR) is 89.3 cm³/mol. The SMILES string of the molecule is Nc1cc([As]=[As]c2ccc(O)c(NCOS[O-])c2)ccc1O.[Na+]. The van der Waals surface area contributed by atoms with Crippen molar-refractivity contribution in [2.75, 3.05) is 17.8 Å². The van der Waals surface area contributed by atoms with Crippen molar-refractivity contribution in [2.24, 2.45) is 0 Å². The van der Waals surface area contributed by atoms with Gasteiger partial charge in [0, 0.05) is 0 Å². The Morgan fingerprint density at radius 1 is 1.09 bits per heavy atom. The number of hydrogen-bond acceptors (Lipinski definition) is 7. The van der Waals surface area contributed by atoms with Crippen molar-refractivity contribution in [1.29, 1.82) is 0 Å². The molecule has 0 saturated carbocycles. The van der Waals surface area contributed by atoms with Crippen LogP contribution in [0.2, 0.25) is 0 Å². The normalized spacial score (nSPS) is 10.5. The van der Waals surface area contributed by atoms with Gasteiger partial charge in [0.2, 0.25) is 0 Å². The van der Waals surface area contributed by atoms with Gasteiger partial charge in [-0.3, -0.25) is 0 Å². The van der Waals surface area contributed by atoms with Crippen LogP contribution in [0.4, 0.5) is 11.4 Å². The largest absolute Gasteiger partial charge is 1.00 e. The molecule has 0 radical (unpaired) electrons. The van der Waals surface area contributed by atoms with E-state index in [9.17, 15) is 14.8 Å². The summed E-state index contributed by atoms with van der Waals surface area (Å²) in [5.41, 5.74) is 6.64. The third kappa shape index (κ3) is 6.81. The van der Waals surface area contributed by atoms with Gasteiger partial charge < -0.3 is 0 Å². The summed E-state index contributed by atoms with van der Waals surface area (Å²) >= 11 is -0.100. The minimum Gasteiger partial charge on any atom is 1.00 e. The molecule has 0 spiro atoms. The number of nitrogen functional groups attached to an aromatic ring is 1. The molecule has 2 aromatic carbocycles. The Hall–Kier alpha value is 0.0269. The Morgan fingerprint density at radius 3 is 2.30 bits per heavy atom. The first-order valence-corrected chi connectivity index (χ1v) is 13.8. The van der Waals surface area contributed by atoms with Crippen LogP contribution in [0.3, 0.4) is 0 Å². The zero-order valence-corrected chi connectivity index (χ0v) is 18.8. The standard InChI is InChI=1S/C13H14As2N2O4S.Na/c16-10-5-8(1-3-12(10)18)14-15-9-2-4-13(19)11(6-9)17-7-21-22-20;/h1-6,17-20H,7,16H2;/q;+1/p-1. The molecule has 0 aliphatic heterocycles. The van der Waals surface area contributed by atoms with Crippen LogP contribution in [0, 0.1) is 0 Å². The van der Waals surface area contributed by atoms with Gasteiger partial charge in [-0.25, -0.2) is 0 Å². The molecule has 0 unspecified atom stereocenters. The van der Waals surface area contributed by atoms with Crippen LogP contribution in [-0.2, 0) is 4.18 Å². The maximum Gasteiger partial charge on any atom is 1.00 e. The van der Waals surface area contributed by atoms with E-state index in [4.69, 9.17) is 5.73 Å². The summed E-state index contributed by atoms with van der Waals surface area (Å²) in [4.78, 5) is 0. The van der Waals surface area contributed by atoms with E-state index in [2.05, 4.69) is 9.50 Å². The van der Waals surface area contributed by atoms with Crippen molar-refractivity contribution in [3.05, 3.63) is 36.4 Å². The molecule has 0 heterocycles. The predicted octanol–water partition coefficient (Wildman–Crippen LogP) is -2.88. The zero-order chi connectivity index (χ0) is 15.9. The third-order valence-electron chi connectivity index (χ3n) is 2.64. The molecular formula is C13H13As2N2NaO4S. The topological polar surface area (TPSA) is 111 Å². The number of nitrogens with two attached hydrogens (primary N) is 1. The summed E-state index contributed by atoms with van der Waals surface area (Å²) in [6, 6.07) is 10.7. The molecule has 0 atom stereocenters. The fraction of sp³-hybridized carbons (Fsp3) is 0.0769. The number of rotatable bonds is 6. The Bertz CT molecular complexity index is 691. The number of aromatic hydroxyl groups is 2. The first-order chi connectivity index (χ1) is 10.6. The van der Waals surface area contributed by atoms with E-state index in [0.717, 1.165) is 8.70 Å². The Kier molecular flexibility index (Phi) is 9.90. The van der Waals surface area contributed by atoms with E-state index in [1.54, 1.807) is 12.1 Å². The van der Waals surface area contributed by atoms with Crippen molar-refractivity contribution in [1.82, 2.24) is 0 Å². The van der Waals surface area contributed by atoms with Gasteiger partial charge in [0.1, 0.15) is 0 Å². The quantitative estimate of drug-likeness (QED) is 0.0905. The summed E-state index contributed by atoms with van der Waals surface area (Å²) in [5.74, 6) is 0.225. The fourth-order valence-corrected chi connectivity index (χ4v) is 8.80. The van der Waals surface area contributed by atoms with Crippen LogP contribution < -0.4 is 49.3 Å². The number of benzene rings is 2. The van der Waals surface area contributed by atoms with Crippen LogP contribution in [0.5, 0.6) is 11.5 Å². The van der Waals surface area contributed by atoms with Gasteiger partial charge in [-0.2, -0.15) is 0 Å². The second-order valence-electron chi connectivity index (χ2n) is 4.15. The van der Waals surface area contributed by atoms with Crippen LogP contribution in [-0.4, -0.2) is 47.8 Å². The molecule has 23 heavy (non-hydrogen) atoms. The number of nitrogens with one attached hydrogen (secondary N) is 1. The zero-order valence-electron chi connectivity index (χ0n) is 12.3. The molecular weight excluding hydrogens is 453 g/mol. The molecule has 0 fully saturated rings. The van der Waals surface area contributed by atoms with Gasteiger partial charge >= 0.3 is 173 Å². The average Bonchev–Trinajstić information content (AvgIpc) is 2.51. The van der Waals surface area contributed by atoms with E-state index < -0.39 is 0 Å². The maximum absolute atomic E-state index is 10.2. The Morgan fingerprint density at radius 2 is 1.70 bits per heavy atom. The number of anilines is 2. The molecule has 0 aromatic heterocycles. The molecule has 0 aliphatic rings. The van der Waals surface area contributed by atoms with Crippen molar-refractivity contribution in [2.45, 2.75) is 0 Å². The van der Waals surface area contributed by atoms with E-state index >= 15 is 0 Å². The third-order valence-corrected chi connectivity index (χ3v) is 11.3. The summed E-state index contributed by atoms with van der Waals surface area (Å²) in [7, 11) is 0. The van der Waals surface area contributed by atoms with Crippen molar-refractivity contribution < 1.29 is 48.5 Å². The van der Waals surface area contributed by atoms with Crippen LogP contribution in [0.25, 0.3) is 0 Å².